The van der Waals surface area contributed by atoms with Gasteiger partial charge in [-0.3, -0.25) is 3.97 Å². The smallest absolute Gasteiger partial charge is 0.340 e. The summed E-state index contributed by atoms with van der Waals surface area (Å²) in [5.41, 5.74) is 5.82. The van der Waals surface area contributed by atoms with Crippen LogP contribution >= 0.6 is 42.1 Å². The number of hydrogen-bond acceptors (Lipinski definition) is 5. The summed E-state index contributed by atoms with van der Waals surface area (Å²) in [6.45, 7) is 1.87. The van der Waals surface area contributed by atoms with Crippen molar-refractivity contribution in [3.63, 3.8) is 0 Å². The van der Waals surface area contributed by atoms with Gasteiger partial charge < -0.3 is 10.7 Å². The minimum atomic E-state index is -4.84. The SMILES string of the molecule is CSc1cc(C)c2c(ccn2SI)c1C(N)(c1nc2ccc(C#N)cc2[nH]1)C(F)(F)F. The molecule has 0 aliphatic carbocycles. The first-order valence-corrected chi connectivity index (χ1v) is 13.4. The van der Waals surface area contributed by atoms with E-state index in [0.717, 1.165) is 5.56 Å². The van der Waals surface area contributed by atoms with E-state index in [4.69, 9.17) is 11.0 Å². The van der Waals surface area contributed by atoms with Crippen LogP contribution in [0.3, 0.4) is 0 Å². The van der Waals surface area contributed by atoms with Gasteiger partial charge in [0, 0.05) is 52.4 Å². The Bertz CT molecular complexity index is 1360. The highest BCUT2D eigenvalue weighted by molar-refractivity contribution is 14.2. The van der Waals surface area contributed by atoms with E-state index in [1.165, 1.54) is 39.1 Å². The monoisotopic (exact) mass is 573 g/mol. The van der Waals surface area contributed by atoms with E-state index in [9.17, 15) is 13.2 Å². The Morgan fingerprint density at radius 1 is 1.26 bits per heavy atom. The molecule has 2 aromatic carbocycles. The predicted molar refractivity (Wildman–Crippen MR) is 127 cm³/mol. The number of H-pyrrole nitrogens is 1. The van der Waals surface area contributed by atoms with E-state index in [2.05, 4.69) is 31.2 Å². The van der Waals surface area contributed by atoms with Crippen LogP contribution in [0, 0.1) is 18.3 Å². The largest absolute Gasteiger partial charge is 0.417 e. The number of aromatic nitrogens is 3. The standard InChI is InChI=1S/C20H15F3IN5S2/c1-10-7-15(30-2)16(12-5-6-29(31-24)17(10)12)19(26,20(21,22)23)18-27-13-4-3-11(9-25)8-14(13)28-18/h3-8H,26H2,1-2H3,(H,27,28). The summed E-state index contributed by atoms with van der Waals surface area (Å²) < 4.78 is 46.0. The lowest BCUT2D eigenvalue weighted by atomic mass is 9.86. The lowest BCUT2D eigenvalue weighted by molar-refractivity contribution is -0.178. The van der Waals surface area contributed by atoms with E-state index >= 15 is 0 Å². The maximum absolute atomic E-state index is 14.7. The zero-order valence-corrected chi connectivity index (χ0v) is 20.0. The Morgan fingerprint density at radius 2 is 2.00 bits per heavy atom. The van der Waals surface area contributed by atoms with Crippen LogP contribution in [0.1, 0.15) is 22.5 Å². The molecule has 11 heteroatoms. The lowest BCUT2D eigenvalue weighted by Crippen LogP contribution is -2.52. The zero-order valence-electron chi connectivity index (χ0n) is 16.2. The van der Waals surface area contributed by atoms with Crippen LogP contribution in [0.25, 0.3) is 21.9 Å². The van der Waals surface area contributed by atoms with E-state index in [1.807, 2.05) is 17.0 Å². The molecule has 3 N–H and O–H groups in total. The topological polar surface area (TPSA) is 83.4 Å². The molecule has 0 amide bonds. The summed E-state index contributed by atoms with van der Waals surface area (Å²) in [5.74, 6) is -0.416. The predicted octanol–water partition coefficient (Wildman–Crippen LogP) is 6.03. The summed E-state index contributed by atoms with van der Waals surface area (Å²) in [5, 5.41) is 9.54. The molecule has 0 aliphatic rings. The molecule has 0 fully saturated rings. The van der Waals surface area contributed by atoms with Gasteiger partial charge in [0.2, 0.25) is 0 Å². The molecule has 0 radical (unpaired) electrons. The van der Waals surface area contributed by atoms with Crippen molar-refractivity contribution in [1.29, 1.82) is 5.26 Å². The molecule has 1 atom stereocenters. The molecular weight excluding hydrogens is 558 g/mol. The number of nitrogens with one attached hydrogen (secondary N) is 1. The van der Waals surface area contributed by atoms with Gasteiger partial charge in [-0.25, -0.2) is 4.98 Å². The van der Waals surface area contributed by atoms with Crippen LogP contribution in [0.5, 0.6) is 0 Å². The van der Waals surface area contributed by atoms with Crippen molar-refractivity contribution >= 4 is 64.0 Å². The molecule has 0 spiro atoms. The normalized spacial score (nSPS) is 14.1. The maximum atomic E-state index is 14.7. The number of benzene rings is 2. The number of thioether (sulfide) groups is 1. The number of hydrogen-bond donors (Lipinski definition) is 2. The Balaban J connectivity index is 2.11. The molecule has 0 saturated carbocycles. The summed E-state index contributed by atoms with van der Waals surface area (Å²) >= 11 is 3.29. The molecule has 31 heavy (non-hydrogen) atoms. The van der Waals surface area contributed by atoms with Crippen LogP contribution < -0.4 is 5.73 Å². The lowest BCUT2D eigenvalue weighted by Gasteiger charge is -2.33. The minimum absolute atomic E-state index is 0.0446. The molecular formula is C20H15F3IN5S2. The van der Waals surface area contributed by atoms with Gasteiger partial charge in [0.05, 0.1) is 28.2 Å². The number of nitriles is 1. The number of nitrogens with two attached hydrogens (primary N) is 1. The van der Waals surface area contributed by atoms with E-state index in [0.29, 0.717) is 32.4 Å². The fourth-order valence-corrected chi connectivity index (χ4v) is 5.93. The third-order valence-corrected chi connectivity index (χ3v) is 7.70. The Hall–Kier alpha value is -1.88. The van der Waals surface area contributed by atoms with E-state index < -0.39 is 17.5 Å². The average Bonchev–Trinajstić information content (AvgIpc) is 3.36. The molecule has 4 aromatic rings. The second-order valence-corrected chi connectivity index (χ2v) is 9.54. The Labute approximate surface area is 196 Å². The van der Waals surface area contributed by atoms with Crippen LogP contribution in [0.15, 0.2) is 41.4 Å². The van der Waals surface area contributed by atoms with Crippen molar-refractivity contribution in [2.24, 2.45) is 5.73 Å². The molecule has 4 rings (SSSR count). The fourth-order valence-electron chi connectivity index (χ4n) is 3.76. The second kappa shape index (κ2) is 7.91. The van der Waals surface area contributed by atoms with Gasteiger partial charge in [-0.15, -0.1) is 11.8 Å². The molecule has 5 nitrogen and oxygen atoms in total. The second-order valence-electron chi connectivity index (χ2n) is 6.98. The number of nitrogens with zero attached hydrogens (tertiary/aromatic N) is 3. The van der Waals surface area contributed by atoms with Crippen molar-refractivity contribution in [2.45, 2.75) is 23.5 Å². The number of imidazole rings is 1. The van der Waals surface area contributed by atoms with Gasteiger partial charge in [-0.05, 0) is 49.1 Å². The van der Waals surface area contributed by atoms with E-state index in [1.54, 1.807) is 24.6 Å². The minimum Gasteiger partial charge on any atom is -0.340 e. The van der Waals surface area contributed by atoms with Gasteiger partial charge in [-0.1, -0.05) is 0 Å². The van der Waals surface area contributed by atoms with Crippen molar-refractivity contribution in [3.8, 4) is 6.07 Å². The number of alkyl halides is 3. The number of fused-ring (bicyclic) bond motifs is 2. The quantitative estimate of drug-likeness (QED) is 0.230. The highest BCUT2D eigenvalue weighted by atomic mass is 127. The van der Waals surface area contributed by atoms with Crippen molar-refractivity contribution in [1.82, 2.24) is 13.9 Å². The molecule has 0 bridgehead atoms. The Kier molecular flexibility index (Phi) is 5.70. The molecule has 160 valence electrons. The van der Waals surface area contributed by atoms with Crippen LogP contribution in [-0.2, 0) is 5.54 Å². The number of aryl methyl sites for hydroxylation is 1. The number of rotatable bonds is 4. The van der Waals surface area contributed by atoms with Crippen molar-refractivity contribution < 1.29 is 13.2 Å². The maximum Gasteiger partial charge on any atom is 0.417 e. The summed E-state index contributed by atoms with van der Waals surface area (Å²) in [4.78, 5) is 7.37. The molecule has 0 aliphatic heterocycles. The summed E-state index contributed by atoms with van der Waals surface area (Å²) in [7, 11) is 1.37. The highest BCUT2D eigenvalue weighted by Gasteiger charge is 2.58. The third-order valence-electron chi connectivity index (χ3n) is 5.21. The molecule has 2 heterocycles. The Morgan fingerprint density at radius 3 is 2.61 bits per heavy atom. The molecule has 0 saturated heterocycles. The van der Waals surface area contributed by atoms with Gasteiger partial charge in [0.25, 0.3) is 0 Å². The van der Waals surface area contributed by atoms with Crippen LogP contribution in [0.2, 0.25) is 0 Å². The number of halogens is 4. The first-order chi connectivity index (χ1) is 14.6. The number of aromatic amines is 1. The first kappa shape index (κ1) is 22.3. The fraction of sp³-hybridized carbons (Fsp3) is 0.200. The third kappa shape index (κ3) is 3.40. The molecule has 1 unspecified atom stereocenters. The van der Waals surface area contributed by atoms with Crippen molar-refractivity contribution in [2.75, 3.05) is 6.26 Å². The van der Waals surface area contributed by atoms with E-state index in [-0.39, 0.29) is 5.56 Å². The van der Waals surface area contributed by atoms with Gasteiger partial charge in [0.1, 0.15) is 5.82 Å². The van der Waals surface area contributed by atoms with Gasteiger partial charge in [0.15, 0.2) is 5.54 Å². The zero-order chi connectivity index (χ0) is 22.6. The van der Waals surface area contributed by atoms with Gasteiger partial charge >= 0.3 is 6.18 Å². The summed E-state index contributed by atoms with van der Waals surface area (Å²) in [6.07, 6.45) is -1.38. The average molecular weight is 573 g/mol. The van der Waals surface area contributed by atoms with Gasteiger partial charge in [-0.2, -0.15) is 18.4 Å². The molecule has 2 aromatic heterocycles. The highest BCUT2D eigenvalue weighted by Crippen LogP contribution is 2.48. The van der Waals surface area contributed by atoms with Crippen LogP contribution in [0.4, 0.5) is 13.2 Å². The van der Waals surface area contributed by atoms with Crippen LogP contribution in [-0.4, -0.2) is 26.4 Å². The first-order valence-electron chi connectivity index (χ1n) is 8.89. The van der Waals surface area contributed by atoms with Crippen molar-refractivity contribution in [3.05, 3.63) is 59.0 Å². The summed E-state index contributed by atoms with van der Waals surface area (Å²) in [6, 6.07) is 9.85.